The summed E-state index contributed by atoms with van der Waals surface area (Å²) in [5, 5.41) is 10.1. The molecule has 1 unspecified atom stereocenters. The fourth-order valence-electron chi connectivity index (χ4n) is 3.02. The van der Waals surface area contributed by atoms with Crippen molar-refractivity contribution in [3.05, 3.63) is 29.8 Å². The summed E-state index contributed by atoms with van der Waals surface area (Å²) in [6.07, 6.45) is 0.287. The number of rotatable bonds is 3. The molecule has 1 aliphatic heterocycles. The van der Waals surface area contributed by atoms with Gasteiger partial charge in [-0.05, 0) is 23.5 Å². The number of fused-ring (bicyclic) bond motifs is 1. The molecule has 122 valence electrons. The number of carbonyl (C=O) groups is 1. The van der Waals surface area contributed by atoms with E-state index in [1.54, 1.807) is 0 Å². The molecule has 0 saturated carbocycles. The normalized spacial score (nSPS) is 17.0. The SMILES string of the molecule is CN1CCN(C(=O)CC(O)CC(C)(C)C)Cc2ccccc21. The molecule has 22 heavy (non-hydrogen) atoms. The van der Waals surface area contributed by atoms with E-state index in [4.69, 9.17) is 0 Å². The van der Waals surface area contributed by atoms with Crippen LogP contribution in [0.3, 0.4) is 0 Å². The van der Waals surface area contributed by atoms with Crippen LogP contribution < -0.4 is 4.90 Å². The van der Waals surface area contributed by atoms with E-state index in [0.29, 0.717) is 19.5 Å². The summed E-state index contributed by atoms with van der Waals surface area (Å²) in [6.45, 7) is 8.39. The van der Waals surface area contributed by atoms with Crippen LogP contribution in [-0.4, -0.2) is 42.2 Å². The molecule has 4 nitrogen and oxygen atoms in total. The Hall–Kier alpha value is -1.55. The summed E-state index contributed by atoms with van der Waals surface area (Å²) in [4.78, 5) is 16.6. The first-order valence-corrected chi connectivity index (χ1v) is 8.01. The lowest BCUT2D eigenvalue weighted by atomic mass is 9.88. The molecule has 1 heterocycles. The van der Waals surface area contributed by atoms with Gasteiger partial charge in [-0.1, -0.05) is 39.0 Å². The number of hydrogen-bond acceptors (Lipinski definition) is 3. The van der Waals surface area contributed by atoms with Crippen molar-refractivity contribution in [1.29, 1.82) is 0 Å². The van der Waals surface area contributed by atoms with Gasteiger partial charge in [-0.3, -0.25) is 4.79 Å². The van der Waals surface area contributed by atoms with Gasteiger partial charge >= 0.3 is 0 Å². The third-order valence-corrected chi connectivity index (χ3v) is 4.08. The number of para-hydroxylation sites is 1. The molecule has 0 spiro atoms. The third kappa shape index (κ3) is 4.47. The maximum Gasteiger partial charge on any atom is 0.225 e. The van der Waals surface area contributed by atoms with Gasteiger partial charge in [-0.2, -0.15) is 0 Å². The van der Waals surface area contributed by atoms with E-state index in [1.165, 1.54) is 11.3 Å². The zero-order chi connectivity index (χ0) is 16.3. The molecule has 0 fully saturated rings. The fraction of sp³-hybridized carbons (Fsp3) is 0.611. The topological polar surface area (TPSA) is 43.8 Å². The lowest BCUT2D eigenvalue weighted by Gasteiger charge is -2.25. The number of carbonyl (C=O) groups excluding carboxylic acids is 1. The summed E-state index contributed by atoms with van der Waals surface area (Å²) in [7, 11) is 2.06. The molecule has 1 aromatic rings. The first kappa shape index (κ1) is 16.8. The van der Waals surface area contributed by atoms with Crippen molar-refractivity contribution < 1.29 is 9.90 Å². The van der Waals surface area contributed by atoms with Crippen molar-refractivity contribution in [3.63, 3.8) is 0 Å². The Balaban J connectivity index is 2.02. The zero-order valence-electron chi connectivity index (χ0n) is 14.2. The van der Waals surface area contributed by atoms with E-state index in [1.807, 2.05) is 17.0 Å². The highest BCUT2D eigenvalue weighted by Gasteiger charge is 2.24. The first-order valence-electron chi connectivity index (χ1n) is 8.01. The zero-order valence-corrected chi connectivity index (χ0v) is 14.2. The number of hydrogen-bond donors (Lipinski definition) is 1. The van der Waals surface area contributed by atoms with E-state index in [0.717, 1.165) is 6.54 Å². The average Bonchev–Trinajstić information content (AvgIpc) is 2.57. The summed E-state index contributed by atoms with van der Waals surface area (Å²) in [5.74, 6) is 0.0434. The third-order valence-electron chi connectivity index (χ3n) is 4.08. The van der Waals surface area contributed by atoms with Gasteiger partial charge in [0.1, 0.15) is 0 Å². The van der Waals surface area contributed by atoms with E-state index in [9.17, 15) is 9.90 Å². The molecule has 0 saturated heterocycles. The lowest BCUT2D eigenvalue weighted by molar-refractivity contribution is -0.134. The molecule has 0 radical (unpaired) electrons. The quantitative estimate of drug-likeness (QED) is 0.933. The molecule has 1 amide bonds. The van der Waals surface area contributed by atoms with Crippen LogP contribution >= 0.6 is 0 Å². The Kier molecular flexibility index (Phi) is 5.12. The minimum absolute atomic E-state index is 0.0330. The van der Waals surface area contributed by atoms with Gasteiger partial charge in [0.2, 0.25) is 5.91 Å². The second kappa shape index (κ2) is 6.69. The number of anilines is 1. The van der Waals surface area contributed by atoms with Crippen LogP contribution in [0, 0.1) is 5.41 Å². The number of amides is 1. The lowest BCUT2D eigenvalue weighted by Crippen LogP contribution is -2.36. The predicted octanol–water partition coefficient (Wildman–Crippen LogP) is 2.65. The second-order valence-corrected chi connectivity index (χ2v) is 7.49. The fourth-order valence-corrected chi connectivity index (χ4v) is 3.02. The number of benzene rings is 1. The van der Waals surface area contributed by atoms with Crippen LogP contribution in [0.15, 0.2) is 24.3 Å². The van der Waals surface area contributed by atoms with Crippen LogP contribution in [0.4, 0.5) is 5.69 Å². The van der Waals surface area contributed by atoms with Crippen LogP contribution in [0.5, 0.6) is 0 Å². The predicted molar refractivity (Wildman–Crippen MR) is 89.8 cm³/mol. The number of aliphatic hydroxyl groups is 1. The smallest absolute Gasteiger partial charge is 0.225 e. The number of aliphatic hydroxyl groups excluding tert-OH is 1. The molecule has 4 heteroatoms. The van der Waals surface area contributed by atoms with Gasteiger partial charge in [-0.25, -0.2) is 0 Å². The molecule has 1 aliphatic rings. The monoisotopic (exact) mass is 304 g/mol. The molecule has 2 rings (SSSR count). The van der Waals surface area contributed by atoms with Crippen molar-refractivity contribution in [1.82, 2.24) is 4.90 Å². The molecule has 0 aromatic heterocycles. The minimum Gasteiger partial charge on any atom is -0.393 e. The van der Waals surface area contributed by atoms with Crippen LogP contribution in [0.25, 0.3) is 0 Å². The van der Waals surface area contributed by atoms with E-state index in [2.05, 4.69) is 44.9 Å². The largest absolute Gasteiger partial charge is 0.393 e. The summed E-state index contributed by atoms with van der Waals surface area (Å²) >= 11 is 0. The van der Waals surface area contributed by atoms with Gasteiger partial charge in [0.05, 0.1) is 12.5 Å². The van der Waals surface area contributed by atoms with Crippen LogP contribution in [-0.2, 0) is 11.3 Å². The van der Waals surface area contributed by atoms with Crippen molar-refractivity contribution in [3.8, 4) is 0 Å². The molecule has 1 aromatic carbocycles. The molecule has 1 N–H and O–H groups in total. The van der Waals surface area contributed by atoms with Crippen molar-refractivity contribution in [2.75, 3.05) is 25.0 Å². The standard InChI is InChI=1S/C18H28N2O2/c1-18(2,3)12-15(21)11-17(22)20-10-9-19(4)16-8-6-5-7-14(16)13-20/h5-8,15,21H,9-13H2,1-4H3. The number of nitrogens with zero attached hydrogens (tertiary/aromatic N) is 2. The van der Waals surface area contributed by atoms with Gasteiger partial charge in [0.15, 0.2) is 0 Å². The highest BCUT2D eigenvalue weighted by molar-refractivity contribution is 5.77. The van der Waals surface area contributed by atoms with Crippen LogP contribution in [0.1, 0.15) is 39.2 Å². The highest BCUT2D eigenvalue weighted by Crippen LogP contribution is 2.25. The minimum atomic E-state index is -0.566. The highest BCUT2D eigenvalue weighted by atomic mass is 16.3. The van der Waals surface area contributed by atoms with Gasteiger partial charge in [0.25, 0.3) is 0 Å². The maximum absolute atomic E-state index is 12.5. The van der Waals surface area contributed by atoms with E-state index >= 15 is 0 Å². The molecule has 0 aliphatic carbocycles. The summed E-state index contributed by atoms with van der Waals surface area (Å²) in [5.41, 5.74) is 2.39. The van der Waals surface area contributed by atoms with Gasteiger partial charge in [-0.15, -0.1) is 0 Å². The van der Waals surface area contributed by atoms with Gasteiger partial charge in [0, 0.05) is 32.4 Å². The summed E-state index contributed by atoms with van der Waals surface area (Å²) in [6, 6.07) is 8.20. The molecule has 1 atom stereocenters. The van der Waals surface area contributed by atoms with E-state index in [-0.39, 0.29) is 17.7 Å². The van der Waals surface area contributed by atoms with E-state index < -0.39 is 6.10 Å². The Morgan fingerprint density at radius 1 is 1.27 bits per heavy atom. The Labute approximate surface area is 133 Å². The first-order chi connectivity index (χ1) is 10.3. The molecule has 0 bridgehead atoms. The summed E-state index contributed by atoms with van der Waals surface area (Å²) < 4.78 is 0. The van der Waals surface area contributed by atoms with Crippen LogP contribution in [0.2, 0.25) is 0 Å². The van der Waals surface area contributed by atoms with Crippen molar-refractivity contribution in [2.24, 2.45) is 5.41 Å². The Morgan fingerprint density at radius 2 is 1.95 bits per heavy atom. The molecular weight excluding hydrogens is 276 g/mol. The number of likely N-dealkylation sites (N-methyl/N-ethyl adjacent to an activating group) is 1. The van der Waals surface area contributed by atoms with Gasteiger partial charge < -0.3 is 14.9 Å². The van der Waals surface area contributed by atoms with Crippen molar-refractivity contribution in [2.45, 2.75) is 46.3 Å². The Morgan fingerprint density at radius 3 is 2.64 bits per heavy atom. The Bertz CT molecular complexity index is 522. The second-order valence-electron chi connectivity index (χ2n) is 7.49. The van der Waals surface area contributed by atoms with Crippen molar-refractivity contribution >= 4 is 11.6 Å². The average molecular weight is 304 g/mol. The molecular formula is C18H28N2O2. The maximum atomic E-state index is 12.5.